The third-order valence-corrected chi connectivity index (χ3v) is 3.78. The summed E-state index contributed by atoms with van der Waals surface area (Å²) in [5.74, 6) is 2.30. The van der Waals surface area contributed by atoms with E-state index in [1.54, 1.807) is 0 Å². The zero-order valence-electron chi connectivity index (χ0n) is 8.79. The second-order valence-electron chi connectivity index (χ2n) is 4.35. The van der Waals surface area contributed by atoms with Crippen molar-refractivity contribution in [2.75, 3.05) is 0 Å². The van der Waals surface area contributed by atoms with Crippen molar-refractivity contribution in [3.63, 3.8) is 0 Å². The molecule has 0 amide bonds. The number of nitrogens with zero attached hydrogens (tertiary/aromatic N) is 2. The van der Waals surface area contributed by atoms with Crippen LogP contribution < -0.4 is 0 Å². The molecular weight excluding hydrogens is 288 g/mol. The van der Waals surface area contributed by atoms with E-state index < -0.39 is 0 Å². The van der Waals surface area contributed by atoms with Crippen LogP contribution >= 0.6 is 27.5 Å². The molecule has 1 aliphatic rings. The van der Waals surface area contributed by atoms with Crippen LogP contribution in [0.1, 0.15) is 18.7 Å². The summed E-state index contributed by atoms with van der Waals surface area (Å²) in [6.45, 7) is 1.06. The Morgan fingerprint density at radius 1 is 1.44 bits per heavy atom. The number of alkyl halides is 1. The summed E-state index contributed by atoms with van der Waals surface area (Å²) in [5.41, 5.74) is 2.23. The summed E-state index contributed by atoms with van der Waals surface area (Å²) >= 11 is 9.46. The summed E-state index contributed by atoms with van der Waals surface area (Å²) in [6.07, 6.45) is 2.69. The van der Waals surface area contributed by atoms with Crippen LogP contribution in [0.4, 0.5) is 0 Å². The summed E-state index contributed by atoms with van der Waals surface area (Å²) in [5, 5.41) is 0. The molecule has 0 bridgehead atoms. The number of aromatic nitrogens is 2. The lowest BCUT2D eigenvalue weighted by atomic mass is 10.3. The third-order valence-electron chi connectivity index (χ3n) is 3.05. The maximum atomic E-state index is 5.95. The smallest absolute Gasteiger partial charge is 0.124 e. The van der Waals surface area contributed by atoms with Crippen LogP contribution in [0, 0.1) is 5.92 Å². The van der Waals surface area contributed by atoms with Gasteiger partial charge in [-0.2, -0.15) is 0 Å². The Morgan fingerprint density at radius 3 is 2.94 bits per heavy atom. The highest BCUT2D eigenvalue weighted by Gasteiger charge is 2.24. The van der Waals surface area contributed by atoms with Gasteiger partial charge in [0, 0.05) is 11.0 Å². The van der Waals surface area contributed by atoms with Crippen molar-refractivity contribution in [1.29, 1.82) is 0 Å². The summed E-state index contributed by atoms with van der Waals surface area (Å²) in [6, 6.07) is 6.19. The van der Waals surface area contributed by atoms with Gasteiger partial charge in [0.1, 0.15) is 5.82 Å². The molecule has 1 aromatic heterocycles. The predicted molar refractivity (Wildman–Crippen MR) is 69.7 cm³/mol. The van der Waals surface area contributed by atoms with E-state index in [4.69, 9.17) is 11.6 Å². The number of benzene rings is 1. The minimum atomic E-state index is 0.485. The van der Waals surface area contributed by atoms with E-state index >= 15 is 0 Å². The maximum Gasteiger partial charge on any atom is 0.124 e. The van der Waals surface area contributed by atoms with Gasteiger partial charge in [-0.05, 0) is 37.0 Å². The molecule has 1 aromatic carbocycles. The number of halogens is 2. The molecule has 0 saturated heterocycles. The molecule has 0 aliphatic heterocycles. The van der Waals surface area contributed by atoms with Crippen molar-refractivity contribution in [2.24, 2.45) is 5.92 Å². The van der Waals surface area contributed by atoms with Gasteiger partial charge >= 0.3 is 0 Å². The molecule has 2 aromatic rings. The first-order chi connectivity index (χ1) is 7.78. The topological polar surface area (TPSA) is 17.8 Å². The van der Waals surface area contributed by atoms with Crippen molar-refractivity contribution in [2.45, 2.75) is 25.3 Å². The molecule has 0 N–H and O–H groups in total. The summed E-state index contributed by atoms with van der Waals surface area (Å²) < 4.78 is 3.36. The van der Waals surface area contributed by atoms with Crippen LogP contribution in [0.5, 0.6) is 0 Å². The van der Waals surface area contributed by atoms with Crippen molar-refractivity contribution in [1.82, 2.24) is 9.55 Å². The Hall–Kier alpha value is -0.540. The molecule has 0 unspecified atom stereocenters. The maximum absolute atomic E-state index is 5.95. The molecule has 4 heteroatoms. The predicted octanol–water partition coefficient (Wildman–Crippen LogP) is 3.95. The molecule has 16 heavy (non-hydrogen) atoms. The monoisotopic (exact) mass is 298 g/mol. The zero-order valence-corrected chi connectivity index (χ0v) is 11.1. The van der Waals surface area contributed by atoms with Gasteiger partial charge in [0.2, 0.25) is 0 Å². The lowest BCUT2D eigenvalue weighted by Crippen LogP contribution is -2.03. The number of rotatable bonds is 3. The van der Waals surface area contributed by atoms with Crippen LogP contribution in [0.25, 0.3) is 11.0 Å². The molecule has 1 saturated carbocycles. The largest absolute Gasteiger partial charge is 0.327 e. The number of hydrogen-bond acceptors (Lipinski definition) is 1. The van der Waals surface area contributed by atoms with Crippen molar-refractivity contribution < 1.29 is 0 Å². The molecule has 0 radical (unpaired) electrons. The average Bonchev–Trinajstić information content (AvgIpc) is 3.02. The molecule has 1 fully saturated rings. The van der Waals surface area contributed by atoms with Gasteiger partial charge in [0.15, 0.2) is 0 Å². The molecular formula is C12H12BrClN2. The Morgan fingerprint density at radius 2 is 2.25 bits per heavy atom. The Balaban J connectivity index is 2.15. The average molecular weight is 300 g/mol. The van der Waals surface area contributed by atoms with E-state index in [1.807, 2.05) is 12.1 Å². The highest BCUT2D eigenvalue weighted by molar-refractivity contribution is 9.10. The van der Waals surface area contributed by atoms with E-state index in [0.717, 1.165) is 28.3 Å². The lowest BCUT2D eigenvalue weighted by Gasteiger charge is -2.06. The van der Waals surface area contributed by atoms with Crippen LogP contribution in [0.15, 0.2) is 22.7 Å². The number of hydrogen-bond donors (Lipinski definition) is 0. The van der Waals surface area contributed by atoms with Gasteiger partial charge in [0.05, 0.1) is 16.9 Å². The Kier molecular flexibility index (Phi) is 2.68. The van der Waals surface area contributed by atoms with Crippen molar-refractivity contribution in [3.8, 4) is 0 Å². The number of imidazole rings is 1. The van der Waals surface area contributed by atoms with Crippen LogP contribution in [0.3, 0.4) is 0 Å². The Bertz CT molecular complexity index is 531. The zero-order chi connectivity index (χ0) is 11.1. The first-order valence-electron chi connectivity index (χ1n) is 5.48. The highest BCUT2D eigenvalue weighted by Crippen LogP contribution is 2.33. The Labute approximate surface area is 108 Å². The van der Waals surface area contributed by atoms with Gasteiger partial charge in [0.25, 0.3) is 0 Å². The standard InChI is InChI=1S/C12H12BrClN2/c13-9-3-4-10-11(5-9)16(7-8-1-2-8)12(6-14)15-10/h3-5,8H,1-2,6-7H2. The molecule has 3 rings (SSSR count). The first-order valence-corrected chi connectivity index (χ1v) is 6.81. The van der Waals surface area contributed by atoms with Gasteiger partial charge in [-0.1, -0.05) is 15.9 Å². The van der Waals surface area contributed by atoms with Gasteiger partial charge < -0.3 is 4.57 Å². The van der Waals surface area contributed by atoms with Crippen LogP contribution in [-0.4, -0.2) is 9.55 Å². The fraction of sp³-hybridized carbons (Fsp3) is 0.417. The summed E-state index contributed by atoms with van der Waals surface area (Å²) in [4.78, 5) is 4.56. The first kappa shape index (κ1) is 10.6. The van der Waals surface area contributed by atoms with E-state index in [-0.39, 0.29) is 0 Å². The number of fused-ring (bicyclic) bond motifs is 1. The van der Waals surface area contributed by atoms with E-state index in [1.165, 1.54) is 18.4 Å². The molecule has 0 spiro atoms. The quantitative estimate of drug-likeness (QED) is 0.785. The van der Waals surface area contributed by atoms with Crippen LogP contribution in [0.2, 0.25) is 0 Å². The van der Waals surface area contributed by atoms with E-state index in [0.29, 0.717) is 5.88 Å². The highest BCUT2D eigenvalue weighted by atomic mass is 79.9. The molecule has 0 atom stereocenters. The minimum absolute atomic E-state index is 0.485. The second kappa shape index (κ2) is 4.04. The van der Waals surface area contributed by atoms with Gasteiger partial charge in [-0.25, -0.2) is 4.98 Å². The SMILES string of the molecule is ClCc1nc2ccc(Br)cc2n1CC1CC1. The molecule has 1 heterocycles. The van der Waals surface area contributed by atoms with Crippen molar-refractivity contribution >= 4 is 38.6 Å². The van der Waals surface area contributed by atoms with E-state index in [2.05, 4.69) is 31.5 Å². The van der Waals surface area contributed by atoms with Gasteiger partial charge in [-0.15, -0.1) is 11.6 Å². The minimum Gasteiger partial charge on any atom is -0.327 e. The molecule has 2 nitrogen and oxygen atoms in total. The fourth-order valence-corrected chi connectivity index (χ4v) is 2.56. The lowest BCUT2D eigenvalue weighted by molar-refractivity contribution is 0.623. The molecule has 1 aliphatic carbocycles. The fourth-order valence-electron chi connectivity index (χ4n) is 2.01. The van der Waals surface area contributed by atoms with Crippen LogP contribution in [-0.2, 0) is 12.4 Å². The van der Waals surface area contributed by atoms with E-state index in [9.17, 15) is 0 Å². The molecule has 84 valence electrons. The normalized spacial score (nSPS) is 15.9. The van der Waals surface area contributed by atoms with Crippen molar-refractivity contribution in [3.05, 3.63) is 28.5 Å². The van der Waals surface area contributed by atoms with Gasteiger partial charge in [-0.3, -0.25) is 0 Å². The summed E-state index contributed by atoms with van der Waals surface area (Å²) in [7, 11) is 0. The third kappa shape index (κ3) is 1.87. The second-order valence-corrected chi connectivity index (χ2v) is 5.53.